The van der Waals surface area contributed by atoms with E-state index in [4.69, 9.17) is 18.6 Å². The number of imidazole rings is 1. The largest absolute Gasteiger partial charge is 0.378 e. The molecule has 326 valence electrons. The van der Waals surface area contributed by atoms with Gasteiger partial charge in [0, 0.05) is 28.3 Å². The summed E-state index contributed by atoms with van der Waals surface area (Å²) in [5.74, 6) is -0.596. The number of aromatic nitrogens is 5. The van der Waals surface area contributed by atoms with E-state index in [1.807, 2.05) is 47.9 Å². The van der Waals surface area contributed by atoms with Gasteiger partial charge in [-0.1, -0.05) is 76.8 Å². The molecule has 0 aliphatic heterocycles. The third kappa shape index (κ3) is 7.92. The molecule has 0 bridgehead atoms. The highest BCUT2D eigenvalue weighted by Gasteiger charge is 2.30. The van der Waals surface area contributed by atoms with Gasteiger partial charge in [-0.2, -0.15) is 25.3 Å². The van der Waals surface area contributed by atoms with Crippen LogP contribution in [0.25, 0.3) is 60.7 Å². The van der Waals surface area contributed by atoms with Crippen LogP contribution in [0.2, 0.25) is 0 Å². The van der Waals surface area contributed by atoms with E-state index in [2.05, 4.69) is 19.6 Å². The van der Waals surface area contributed by atoms with Crippen molar-refractivity contribution in [3.05, 3.63) is 132 Å². The summed E-state index contributed by atoms with van der Waals surface area (Å²) in [5.41, 5.74) is 2.09. The van der Waals surface area contributed by atoms with Crippen molar-refractivity contribution in [2.45, 2.75) is 46.9 Å². The number of hydrogen-bond donors (Lipinski definition) is 2. The van der Waals surface area contributed by atoms with Crippen LogP contribution in [0.4, 0.5) is 0 Å². The van der Waals surface area contributed by atoms with Crippen LogP contribution < -0.4 is 8.37 Å². The maximum Gasteiger partial charge on any atom is 0.339 e. The molecule has 0 saturated heterocycles. The van der Waals surface area contributed by atoms with Crippen molar-refractivity contribution >= 4 is 86.0 Å². The van der Waals surface area contributed by atoms with Crippen LogP contribution in [0.15, 0.2) is 141 Å². The zero-order chi connectivity index (χ0) is 45.1. The van der Waals surface area contributed by atoms with Crippen molar-refractivity contribution in [1.82, 2.24) is 24.5 Å². The highest BCUT2D eigenvalue weighted by atomic mass is 32.2. The predicted molar refractivity (Wildman–Crippen MR) is 237 cm³/mol. The van der Waals surface area contributed by atoms with E-state index in [0.29, 0.717) is 39.9 Å². The van der Waals surface area contributed by atoms with E-state index in [-0.39, 0.29) is 49.0 Å². The van der Waals surface area contributed by atoms with Crippen LogP contribution in [-0.4, -0.2) is 59.6 Å². The van der Waals surface area contributed by atoms with Gasteiger partial charge in [-0.25, -0.2) is 10.2 Å². The topological polar surface area (TPSA) is 228 Å². The van der Waals surface area contributed by atoms with Gasteiger partial charge in [0.25, 0.3) is 10.1 Å². The predicted octanol–water partition coefficient (Wildman–Crippen LogP) is 8.59. The Bertz CT molecular complexity index is 3670. The summed E-state index contributed by atoms with van der Waals surface area (Å²) in [5, 5.41) is 23.7. The highest BCUT2D eigenvalue weighted by Crippen LogP contribution is 2.43. The Morgan fingerprint density at radius 2 is 1.31 bits per heavy atom. The van der Waals surface area contributed by atoms with Crippen LogP contribution in [0.5, 0.6) is 11.5 Å². The molecule has 64 heavy (non-hydrogen) atoms. The van der Waals surface area contributed by atoms with Gasteiger partial charge in [-0.15, -0.1) is 19.3 Å². The molecule has 7 aromatic carbocycles. The Balaban J connectivity index is 1.35. The normalized spacial score (nSPS) is 12.5. The summed E-state index contributed by atoms with van der Waals surface area (Å²) >= 11 is 0.602. The molecule has 0 amide bonds. The summed E-state index contributed by atoms with van der Waals surface area (Å²) in [4.78, 5) is 5.07. The van der Waals surface area contributed by atoms with Gasteiger partial charge in [0.1, 0.15) is 37.2 Å². The minimum atomic E-state index is -5.00. The number of rotatable bonds is 13. The minimum Gasteiger partial charge on any atom is -0.378 e. The van der Waals surface area contributed by atoms with Crippen LogP contribution in [0.3, 0.4) is 0 Å². The lowest BCUT2D eigenvalue weighted by atomic mass is 10.1. The van der Waals surface area contributed by atoms with Crippen molar-refractivity contribution in [2.75, 3.05) is 0 Å². The maximum atomic E-state index is 14.2. The fourth-order valence-electron chi connectivity index (χ4n) is 7.32. The van der Waals surface area contributed by atoms with Gasteiger partial charge in [0.05, 0.1) is 28.6 Å². The average Bonchev–Trinajstić information content (AvgIpc) is 3.88. The van der Waals surface area contributed by atoms with Gasteiger partial charge in [0.2, 0.25) is 0 Å². The summed E-state index contributed by atoms with van der Waals surface area (Å²) in [7, 11) is -14.3. The van der Waals surface area contributed by atoms with Crippen LogP contribution in [0, 0.1) is 13.8 Å². The van der Waals surface area contributed by atoms with Gasteiger partial charge < -0.3 is 12.9 Å². The molecule has 0 radical (unpaired) electrons. The van der Waals surface area contributed by atoms with E-state index in [9.17, 15) is 29.8 Å². The Kier molecular flexibility index (Phi) is 10.9. The molecule has 0 atom stereocenters. The lowest BCUT2D eigenvalue weighted by Crippen LogP contribution is -2.15. The molecule has 2 aromatic heterocycles. The zero-order valence-corrected chi connectivity index (χ0v) is 36.9. The molecule has 0 aliphatic rings. The fraction of sp³-hybridized carbons (Fsp3) is 0.0930. The molecule has 0 fully saturated rings. The standard InChI is InChI=1S/C43H33N5O12S4/c1-4-47-42-33-8-6-5-7-27(33)13-20-35(42)44-43(47)34-23-38(58-64(55,56)31-17-11-26(3)12-18-31)36(24-37(34)57-63(53,54)30-15-9-25(2)10-16-30)48-45-40-32-19-14-29(61-60-59-49)21-28(32)22-39(41(40)46-48)62(50,51)52/h5-24,49H,4H2,1-3H3,(H,50,51,52). The summed E-state index contributed by atoms with van der Waals surface area (Å²) in [6, 6.07) is 31.3. The van der Waals surface area contributed by atoms with E-state index in [1.165, 1.54) is 42.5 Å². The second-order valence-corrected chi connectivity index (χ2v) is 19.8. The number of fused-ring (bicyclic) bond motifs is 6. The van der Waals surface area contributed by atoms with Gasteiger partial charge in [0.15, 0.2) is 11.5 Å². The van der Waals surface area contributed by atoms with Crippen molar-refractivity contribution < 1.29 is 52.8 Å². The van der Waals surface area contributed by atoms with Crippen LogP contribution >= 0.6 is 12.0 Å². The second-order valence-electron chi connectivity index (χ2n) is 14.5. The smallest absolute Gasteiger partial charge is 0.339 e. The molecule has 9 aromatic rings. The Hall–Kier alpha value is -6.43. The number of benzene rings is 7. The third-order valence-corrected chi connectivity index (χ3v) is 14.3. The molecule has 0 aliphatic carbocycles. The Morgan fingerprint density at radius 1 is 0.672 bits per heavy atom. The summed E-state index contributed by atoms with van der Waals surface area (Å²) < 4.78 is 111. The minimum absolute atomic E-state index is 0.00410. The molecular weight excluding hydrogens is 907 g/mol. The monoisotopic (exact) mass is 939 g/mol. The Labute approximate surface area is 369 Å². The number of nitrogens with zero attached hydrogens (tertiary/aromatic N) is 5. The van der Waals surface area contributed by atoms with Gasteiger partial charge in [-0.05, 0) is 86.1 Å². The summed E-state index contributed by atoms with van der Waals surface area (Å²) in [6.45, 7) is 5.76. The van der Waals surface area contributed by atoms with E-state index in [0.717, 1.165) is 38.8 Å². The third-order valence-electron chi connectivity index (χ3n) is 10.3. The number of aryl methyl sites for hydroxylation is 3. The molecule has 9 rings (SSSR count). The fourth-order valence-corrected chi connectivity index (χ4v) is 10.3. The van der Waals surface area contributed by atoms with E-state index >= 15 is 0 Å². The first-order chi connectivity index (χ1) is 30.5. The molecule has 21 heteroatoms. The lowest BCUT2D eigenvalue weighted by Gasteiger charge is -2.17. The SMILES string of the molecule is CCn1c(-c2cc(OS(=O)(=O)c3ccc(C)cc3)c(-n3nc4c(S(=O)(=O)O)cc5cc(SOOO)ccc5c4n3)cc2OS(=O)(=O)c2ccc(C)cc2)nc2ccc3ccccc3c21. The zero-order valence-electron chi connectivity index (χ0n) is 33.6. The molecule has 0 spiro atoms. The van der Waals surface area contributed by atoms with Crippen molar-refractivity contribution in [3.63, 3.8) is 0 Å². The molecule has 2 N–H and O–H groups in total. The first-order valence-corrected chi connectivity index (χ1v) is 24.1. The molecule has 17 nitrogen and oxygen atoms in total. The maximum absolute atomic E-state index is 14.2. The highest BCUT2D eigenvalue weighted by molar-refractivity contribution is 7.94. The summed E-state index contributed by atoms with van der Waals surface area (Å²) in [6.07, 6.45) is 0. The van der Waals surface area contributed by atoms with Gasteiger partial charge in [-0.3, -0.25) is 4.55 Å². The van der Waals surface area contributed by atoms with Crippen molar-refractivity contribution in [3.8, 4) is 28.6 Å². The molecular formula is C43H33N5O12S4. The second kappa shape index (κ2) is 16.3. The van der Waals surface area contributed by atoms with Gasteiger partial charge >= 0.3 is 20.2 Å². The number of hydrogen-bond acceptors (Lipinski definition) is 15. The van der Waals surface area contributed by atoms with Crippen LogP contribution in [-0.2, 0) is 46.3 Å². The molecule has 0 unspecified atom stereocenters. The van der Waals surface area contributed by atoms with E-state index in [1.54, 1.807) is 44.2 Å². The lowest BCUT2D eigenvalue weighted by molar-refractivity contribution is -0.432. The van der Waals surface area contributed by atoms with E-state index < -0.39 is 41.0 Å². The first kappa shape index (κ1) is 42.9. The van der Waals surface area contributed by atoms with Crippen molar-refractivity contribution in [1.29, 1.82) is 0 Å². The first-order valence-electron chi connectivity index (χ1n) is 19.1. The molecule has 0 saturated carbocycles. The van der Waals surface area contributed by atoms with Crippen molar-refractivity contribution in [2.24, 2.45) is 0 Å². The Morgan fingerprint density at radius 3 is 1.95 bits per heavy atom. The quantitative estimate of drug-likeness (QED) is 0.0362. The average molecular weight is 940 g/mol. The van der Waals surface area contributed by atoms with Crippen LogP contribution in [0.1, 0.15) is 18.1 Å². The molecule has 2 heterocycles.